The van der Waals surface area contributed by atoms with Crippen molar-refractivity contribution in [2.75, 3.05) is 6.61 Å². The number of Topliss-reactive ketones (excluding diaryl/α,β-unsaturated/α-hetero) is 1. The maximum Gasteiger partial charge on any atom is 0.295 e. The molecule has 1 unspecified atom stereocenters. The van der Waals surface area contributed by atoms with Gasteiger partial charge in [0.1, 0.15) is 18.1 Å². The number of hydrogen-bond donors (Lipinski definition) is 1. The predicted octanol–water partition coefficient (Wildman–Crippen LogP) is 5.53. The maximum absolute atomic E-state index is 13.1. The number of rotatable bonds is 7. The van der Waals surface area contributed by atoms with Crippen molar-refractivity contribution in [3.63, 3.8) is 0 Å². The lowest BCUT2D eigenvalue weighted by Gasteiger charge is -2.25. The van der Waals surface area contributed by atoms with E-state index in [-0.39, 0.29) is 17.9 Å². The molecule has 1 saturated heterocycles. The van der Waals surface area contributed by atoms with Crippen LogP contribution in [-0.4, -0.2) is 28.3 Å². The summed E-state index contributed by atoms with van der Waals surface area (Å²) >= 11 is 5.97. The molecular weight excluding hydrogens is 438 g/mol. The first-order valence-electron chi connectivity index (χ1n) is 10.4. The topological polar surface area (TPSA) is 66.8 Å². The molecule has 33 heavy (non-hydrogen) atoms. The SMILES string of the molecule is C=CCOc1ccc(C2C(=C(O)c3ccc(Cl)cc3)C(=O)C(=O)N2Cc2ccccc2)cc1. The van der Waals surface area contributed by atoms with Crippen LogP contribution >= 0.6 is 11.6 Å². The van der Waals surface area contributed by atoms with Gasteiger partial charge in [0.25, 0.3) is 11.7 Å². The molecule has 3 aromatic rings. The summed E-state index contributed by atoms with van der Waals surface area (Å²) in [5, 5.41) is 11.6. The Morgan fingerprint density at radius 3 is 2.30 bits per heavy atom. The van der Waals surface area contributed by atoms with Crippen LogP contribution in [0, 0.1) is 0 Å². The van der Waals surface area contributed by atoms with Crippen LogP contribution in [0.3, 0.4) is 0 Å². The van der Waals surface area contributed by atoms with Crippen molar-refractivity contribution in [2.45, 2.75) is 12.6 Å². The maximum atomic E-state index is 13.1. The van der Waals surface area contributed by atoms with Crippen molar-refractivity contribution in [3.8, 4) is 5.75 Å². The molecular formula is C27H22ClNO4. The van der Waals surface area contributed by atoms with E-state index in [4.69, 9.17) is 16.3 Å². The Balaban J connectivity index is 1.80. The number of hydrogen-bond acceptors (Lipinski definition) is 4. The first-order valence-corrected chi connectivity index (χ1v) is 10.8. The predicted molar refractivity (Wildman–Crippen MR) is 128 cm³/mol. The number of amides is 1. The Morgan fingerprint density at radius 1 is 1.00 bits per heavy atom. The molecule has 0 bridgehead atoms. The van der Waals surface area contributed by atoms with Gasteiger partial charge in [0.15, 0.2) is 0 Å². The first-order chi connectivity index (χ1) is 16.0. The number of ether oxygens (including phenoxy) is 1. The van der Waals surface area contributed by atoms with E-state index in [9.17, 15) is 14.7 Å². The van der Waals surface area contributed by atoms with Crippen molar-refractivity contribution in [1.29, 1.82) is 0 Å². The molecule has 5 nitrogen and oxygen atoms in total. The van der Waals surface area contributed by atoms with E-state index in [1.807, 2.05) is 30.3 Å². The zero-order valence-corrected chi connectivity index (χ0v) is 18.5. The molecule has 0 spiro atoms. The number of aliphatic hydroxyl groups excluding tert-OH is 1. The van der Waals surface area contributed by atoms with Gasteiger partial charge in [-0.05, 0) is 47.5 Å². The monoisotopic (exact) mass is 459 g/mol. The van der Waals surface area contributed by atoms with Crippen LogP contribution in [0.15, 0.2) is 97.1 Å². The zero-order valence-electron chi connectivity index (χ0n) is 17.8. The second-order valence-electron chi connectivity index (χ2n) is 7.59. The summed E-state index contributed by atoms with van der Waals surface area (Å²) < 4.78 is 5.55. The summed E-state index contributed by atoms with van der Waals surface area (Å²) in [7, 11) is 0. The number of nitrogens with zero attached hydrogens (tertiary/aromatic N) is 1. The summed E-state index contributed by atoms with van der Waals surface area (Å²) in [6.45, 7) is 4.23. The fourth-order valence-electron chi connectivity index (χ4n) is 3.83. The summed E-state index contributed by atoms with van der Waals surface area (Å²) in [6.07, 6.45) is 1.65. The van der Waals surface area contributed by atoms with Gasteiger partial charge in [-0.25, -0.2) is 0 Å². The van der Waals surface area contributed by atoms with E-state index in [0.717, 1.165) is 5.56 Å². The Hall–Kier alpha value is -3.83. The van der Waals surface area contributed by atoms with Crippen LogP contribution in [0.2, 0.25) is 5.02 Å². The smallest absolute Gasteiger partial charge is 0.295 e. The molecule has 1 fully saturated rings. The molecule has 1 amide bonds. The Bertz CT molecular complexity index is 1200. The number of carbonyl (C=O) groups excluding carboxylic acids is 2. The van der Waals surface area contributed by atoms with Crippen molar-refractivity contribution in [3.05, 3.63) is 119 Å². The molecule has 1 N–H and O–H groups in total. The Labute approximate surface area is 197 Å². The molecule has 0 saturated carbocycles. The average molecular weight is 460 g/mol. The Kier molecular flexibility index (Phi) is 6.61. The number of likely N-dealkylation sites (tertiary alicyclic amines) is 1. The van der Waals surface area contributed by atoms with Gasteiger partial charge in [-0.2, -0.15) is 0 Å². The van der Waals surface area contributed by atoms with Crippen LogP contribution in [-0.2, 0) is 16.1 Å². The van der Waals surface area contributed by atoms with Gasteiger partial charge in [-0.3, -0.25) is 9.59 Å². The van der Waals surface area contributed by atoms with Crippen LogP contribution in [0.1, 0.15) is 22.7 Å². The fourth-order valence-corrected chi connectivity index (χ4v) is 3.96. The molecule has 3 aromatic carbocycles. The Morgan fingerprint density at radius 2 is 1.67 bits per heavy atom. The minimum absolute atomic E-state index is 0.0398. The average Bonchev–Trinajstić information content (AvgIpc) is 3.08. The third kappa shape index (κ3) is 4.69. The lowest BCUT2D eigenvalue weighted by atomic mass is 9.95. The van der Waals surface area contributed by atoms with Gasteiger partial charge in [-0.1, -0.05) is 66.7 Å². The van der Waals surface area contributed by atoms with Crippen LogP contribution in [0.25, 0.3) is 5.76 Å². The molecule has 1 atom stereocenters. The van der Waals surface area contributed by atoms with Crippen molar-refractivity contribution >= 4 is 29.1 Å². The lowest BCUT2D eigenvalue weighted by Crippen LogP contribution is -2.29. The largest absolute Gasteiger partial charge is 0.507 e. The quantitative estimate of drug-likeness (QED) is 0.218. The molecule has 166 valence electrons. The van der Waals surface area contributed by atoms with Crippen molar-refractivity contribution in [2.24, 2.45) is 0 Å². The highest BCUT2D eigenvalue weighted by molar-refractivity contribution is 6.46. The van der Waals surface area contributed by atoms with E-state index < -0.39 is 17.7 Å². The molecule has 6 heteroatoms. The summed E-state index contributed by atoms with van der Waals surface area (Å²) in [6, 6.07) is 22.3. The summed E-state index contributed by atoms with van der Waals surface area (Å²) in [5.74, 6) is -0.990. The highest BCUT2D eigenvalue weighted by Crippen LogP contribution is 2.40. The van der Waals surface area contributed by atoms with E-state index in [1.54, 1.807) is 54.6 Å². The van der Waals surface area contributed by atoms with E-state index in [0.29, 0.717) is 28.5 Å². The summed E-state index contributed by atoms with van der Waals surface area (Å²) in [5.41, 5.74) is 2.01. The van der Waals surface area contributed by atoms with Gasteiger partial charge in [0.05, 0.1) is 11.6 Å². The molecule has 0 aliphatic carbocycles. The second-order valence-corrected chi connectivity index (χ2v) is 8.02. The first kappa shape index (κ1) is 22.4. The zero-order chi connectivity index (χ0) is 23.4. The number of aliphatic hydroxyl groups is 1. The number of benzene rings is 3. The van der Waals surface area contributed by atoms with Crippen LogP contribution in [0.5, 0.6) is 5.75 Å². The van der Waals surface area contributed by atoms with Gasteiger partial charge >= 0.3 is 0 Å². The molecule has 1 aliphatic heterocycles. The molecule has 1 aliphatic rings. The van der Waals surface area contributed by atoms with Gasteiger partial charge in [-0.15, -0.1) is 0 Å². The van der Waals surface area contributed by atoms with Crippen LogP contribution < -0.4 is 4.74 Å². The van der Waals surface area contributed by atoms with Gasteiger partial charge in [0.2, 0.25) is 0 Å². The molecule has 0 aromatic heterocycles. The highest BCUT2D eigenvalue weighted by Gasteiger charge is 2.46. The van der Waals surface area contributed by atoms with Crippen LogP contribution in [0.4, 0.5) is 0 Å². The molecule has 4 rings (SSSR count). The van der Waals surface area contributed by atoms with E-state index >= 15 is 0 Å². The highest BCUT2D eigenvalue weighted by atomic mass is 35.5. The third-order valence-corrected chi connectivity index (χ3v) is 5.67. The normalized spacial score (nSPS) is 17.2. The number of carbonyl (C=O) groups is 2. The molecule has 0 radical (unpaired) electrons. The number of ketones is 1. The third-order valence-electron chi connectivity index (χ3n) is 5.42. The van der Waals surface area contributed by atoms with E-state index in [2.05, 4.69) is 6.58 Å². The fraction of sp³-hybridized carbons (Fsp3) is 0.111. The molecule has 1 heterocycles. The van der Waals surface area contributed by atoms with E-state index in [1.165, 1.54) is 4.90 Å². The van der Waals surface area contributed by atoms with Gasteiger partial charge in [0, 0.05) is 17.1 Å². The lowest BCUT2D eigenvalue weighted by molar-refractivity contribution is -0.140. The second kappa shape index (κ2) is 9.76. The van der Waals surface area contributed by atoms with Gasteiger partial charge < -0.3 is 14.7 Å². The minimum Gasteiger partial charge on any atom is -0.507 e. The minimum atomic E-state index is -0.755. The summed E-state index contributed by atoms with van der Waals surface area (Å²) in [4.78, 5) is 27.7. The van der Waals surface area contributed by atoms with Crippen molar-refractivity contribution < 1.29 is 19.4 Å². The standard InChI is InChI=1S/C27H22ClNO4/c1-2-16-33-22-14-10-19(11-15-22)24-23(25(30)20-8-12-21(28)13-9-20)26(31)27(32)29(24)17-18-6-4-3-5-7-18/h2-15,24,30H,1,16-17H2. The number of halogens is 1. The van der Waals surface area contributed by atoms with Crippen molar-refractivity contribution in [1.82, 2.24) is 4.90 Å².